The normalized spacial score (nSPS) is 16.5. The van der Waals surface area contributed by atoms with Gasteiger partial charge in [0.25, 0.3) is 0 Å². The van der Waals surface area contributed by atoms with Crippen molar-refractivity contribution in [1.29, 1.82) is 0 Å². The van der Waals surface area contributed by atoms with Gasteiger partial charge in [-0.2, -0.15) is 0 Å². The first-order chi connectivity index (χ1) is 13.7. The summed E-state index contributed by atoms with van der Waals surface area (Å²) in [4.78, 5) is 15.0. The molecule has 0 bridgehead atoms. The molecular weight excluding hydrogens is 374 g/mol. The zero-order valence-electron chi connectivity index (χ0n) is 16.1. The minimum Gasteiger partial charge on any atom is -0.497 e. The lowest BCUT2D eigenvalue weighted by molar-refractivity contribution is -0.127. The van der Waals surface area contributed by atoms with E-state index < -0.39 is 0 Å². The van der Waals surface area contributed by atoms with Gasteiger partial charge in [0.15, 0.2) is 0 Å². The van der Waals surface area contributed by atoms with Crippen LogP contribution in [0.15, 0.2) is 41.2 Å². The van der Waals surface area contributed by atoms with Crippen molar-refractivity contribution in [3.8, 4) is 5.75 Å². The van der Waals surface area contributed by atoms with E-state index in [1.807, 2.05) is 29.2 Å². The van der Waals surface area contributed by atoms with Crippen molar-refractivity contribution in [3.05, 3.63) is 41.6 Å². The van der Waals surface area contributed by atoms with E-state index in [0.29, 0.717) is 23.5 Å². The number of thioether (sulfide) groups is 1. The summed E-state index contributed by atoms with van der Waals surface area (Å²) in [7, 11) is 1.65. The highest BCUT2D eigenvalue weighted by atomic mass is 32.2. The Kier molecular flexibility index (Phi) is 5.95. The Bertz CT molecular complexity index is 845. The van der Waals surface area contributed by atoms with E-state index in [4.69, 9.17) is 4.74 Å². The number of carbonyl (C=O) groups excluding carboxylic acids is 1. The van der Waals surface area contributed by atoms with E-state index in [-0.39, 0.29) is 5.91 Å². The van der Waals surface area contributed by atoms with Crippen LogP contribution in [0.2, 0.25) is 0 Å². The zero-order chi connectivity index (χ0) is 19.3. The maximum atomic E-state index is 12.9. The molecule has 0 radical (unpaired) electrons. The van der Waals surface area contributed by atoms with E-state index in [0.717, 1.165) is 37.0 Å². The van der Waals surface area contributed by atoms with Gasteiger partial charge in [0, 0.05) is 11.7 Å². The predicted molar refractivity (Wildman–Crippen MR) is 107 cm³/mol. The van der Waals surface area contributed by atoms with Gasteiger partial charge >= 0.3 is 0 Å². The van der Waals surface area contributed by atoms with Gasteiger partial charge in [-0.1, -0.05) is 30.0 Å². The summed E-state index contributed by atoms with van der Waals surface area (Å²) in [5, 5.41) is 12.6. The summed E-state index contributed by atoms with van der Waals surface area (Å²) >= 11 is 1.41. The number of nitrogens with zero attached hydrogens (tertiary/aromatic N) is 5. The van der Waals surface area contributed by atoms with Crippen molar-refractivity contribution in [2.24, 2.45) is 0 Å². The number of rotatable bonds is 8. The lowest BCUT2D eigenvalue weighted by Gasteiger charge is -2.27. The van der Waals surface area contributed by atoms with E-state index >= 15 is 0 Å². The van der Waals surface area contributed by atoms with Crippen LogP contribution >= 0.6 is 11.8 Å². The van der Waals surface area contributed by atoms with E-state index in [9.17, 15) is 4.79 Å². The molecule has 1 saturated carbocycles. The Balaban J connectivity index is 1.38. The Hall–Kier alpha value is -2.35. The van der Waals surface area contributed by atoms with Crippen LogP contribution in [0.3, 0.4) is 0 Å². The summed E-state index contributed by atoms with van der Waals surface area (Å²) in [5.74, 6) is 1.34. The highest BCUT2D eigenvalue weighted by Gasteiger charge is 2.35. The zero-order valence-corrected chi connectivity index (χ0v) is 16.9. The number of allylic oxidation sites excluding steroid dienone is 2. The minimum atomic E-state index is 0.166. The molecule has 148 valence electrons. The molecule has 7 nitrogen and oxygen atoms in total. The SMILES string of the molecule is COc1ccc(Cn2nnnc2SCC(=O)N(C2=CCCCC2)C2CC2)cc1. The number of methoxy groups -OCH3 is 1. The van der Waals surface area contributed by atoms with E-state index in [1.165, 1.54) is 30.3 Å². The van der Waals surface area contributed by atoms with Crippen LogP contribution in [-0.4, -0.2) is 49.9 Å². The molecule has 4 rings (SSSR count). The first kappa shape index (κ1) is 19.0. The highest BCUT2D eigenvalue weighted by Crippen LogP contribution is 2.34. The van der Waals surface area contributed by atoms with Crippen LogP contribution in [0.5, 0.6) is 5.75 Å². The molecule has 0 atom stereocenters. The van der Waals surface area contributed by atoms with Crippen LogP contribution < -0.4 is 4.74 Å². The standard InChI is InChI=1S/C20H25N5O2S/c1-27-18-11-7-15(8-12-18)13-24-20(21-22-23-24)28-14-19(26)25(17-9-10-17)16-5-3-2-4-6-16/h5,7-8,11-12,17H,2-4,6,9-10,13-14H2,1H3. The number of hydrogen-bond donors (Lipinski definition) is 0. The van der Waals surface area contributed by atoms with Crippen molar-refractivity contribution < 1.29 is 9.53 Å². The molecule has 0 aliphatic heterocycles. The third-order valence-electron chi connectivity index (χ3n) is 5.07. The van der Waals surface area contributed by atoms with Gasteiger partial charge in [-0.05, 0) is 66.6 Å². The summed E-state index contributed by atoms with van der Waals surface area (Å²) in [6.07, 6.45) is 8.98. The second kappa shape index (κ2) is 8.77. The van der Waals surface area contributed by atoms with Crippen molar-refractivity contribution in [3.63, 3.8) is 0 Å². The van der Waals surface area contributed by atoms with Gasteiger partial charge < -0.3 is 9.64 Å². The van der Waals surface area contributed by atoms with Crippen LogP contribution in [-0.2, 0) is 11.3 Å². The fourth-order valence-corrected chi connectivity index (χ4v) is 4.21. The largest absolute Gasteiger partial charge is 0.497 e. The number of benzene rings is 1. The monoisotopic (exact) mass is 399 g/mol. The topological polar surface area (TPSA) is 73.1 Å². The minimum absolute atomic E-state index is 0.166. The van der Waals surface area contributed by atoms with Gasteiger partial charge in [0.05, 0.1) is 19.4 Å². The summed E-state index contributed by atoms with van der Waals surface area (Å²) in [5.41, 5.74) is 2.30. The molecule has 0 N–H and O–H groups in total. The predicted octanol–water partition coefficient (Wildman–Crippen LogP) is 3.27. The molecule has 28 heavy (non-hydrogen) atoms. The first-order valence-electron chi connectivity index (χ1n) is 9.77. The Morgan fingerprint density at radius 3 is 2.79 bits per heavy atom. The number of aromatic nitrogens is 4. The number of carbonyl (C=O) groups is 1. The fraction of sp³-hybridized carbons (Fsp3) is 0.500. The van der Waals surface area contributed by atoms with Gasteiger partial charge in [-0.25, -0.2) is 4.68 Å². The molecule has 1 aromatic heterocycles. The highest BCUT2D eigenvalue weighted by molar-refractivity contribution is 7.99. The fourth-order valence-electron chi connectivity index (χ4n) is 3.47. The van der Waals surface area contributed by atoms with Crippen LogP contribution in [0, 0.1) is 0 Å². The summed E-state index contributed by atoms with van der Waals surface area (Å²) in [6, 6.07) is 8.21. The van der Waals surface area contributed by atoms with Crippen molar-refractivity contribution in [1.82, 2.24) is 25.1 Å². The van der Waals surface area contributed by atoms with Crippen LogP contribution in [0.1, 0.15) is 44.1 Å². The van der Waals surface area contributed by atoms with E-state index in [1.54, 1.807) is 11.8 Å². The van der Waals surface area contributed by atoms with Crippen LogP contribution in [0.4, 0.5) is 0 Å². The lowest BCUT2D eigenvalue weighted by Crippen LogP contribution is -2.34. The maximum absolute atomic E-state index is 12.9. The molecule has 1 aromatic carbocycles. The number of hydrogen-bond acceptors (Lipinski definition) is 6. The van der Waals surface area contributed by atoms with Gasteiger partial charge in [0.1, 0.15) is 5.75 Å². The third kappa shape index (κ3) is 4.55. The first-order valence-corrected chi connectivity index (χ1v) is 10.8. The average molecular weight is 400 g/mol. The lowest BCUT2D eigenvalue weighted by atomic mass is 10.0. The van der Waals surface area contributed by atoms with Gasteiger partial charge in [-0.3, -0.25) is 4.79 Å². The molecule has 2 aliphatic rings. The second-order valence-electron chi connectivity index (χ2n) is 7.19. The Morgan fingerprint density at radius 2 is 2.11 bits per heavy atom. The Labute approximate surface area is 169 Å². The molecule has 2 aliphatic carbocycles. The molecule has 0 spiro atoms. The van der Waals surface area contributed by atoms with Crippen molar-refractivity contribution >= 4 is 17.7 Å². The smallest absolute Gasteiger partial charge is 0.237 e. The third-order valence-corrected chi connectivity index (χ3v) is 6.01. The van der Waals surface area contributed by atoms with Crippen LogP contribution in [0.25, 0.3) is 0 Å². The van der Waals surface area contributed by atoms with Gasteiger partial charge in [-0.15, -0.1) is 5.10 Å². The quantitative estimate of drug-likeness (QED) is 0.635. The molecule has 0 unspecified atom stereocenters. The van der Waals surface area contributed by atoms with E-state index in [2.05, 4.69) is 21.6 Å². The molecule has 1 amide bonds. The molecule has 1 fully saturated rings. The molecular formula is C20H25N5O2S. The Morgan fingerprint density at radius 1 is 1.29 bits per heavy atom. The number of amides is 1. The van der Waals surface area contributed by atoms with Crippen molar-refractivity contribution in [2.45, 2.75) is 56.3 Å². The van der Waals surface area contributed by atoms with Gasteiger partial charge in [0.2, 0.25) is 11.1 Å². The average Bonchev–Trinajstić information content (AvgIpc) is 3.47. The number of ether oxygens (including phenoxy) is 1. The summed E-state index contributed by atoms with van der Waals surface area (Å²) in [6.45, 7) is 0.561. The molecule has 0 saturated heterocycles. The molecule has 8 heteroatoms. The molecule has 1 heterocycles. The number of tetrazole rings is 1. The second-order valence-corrected chi connectivity index (χ2v) is 8.13. The molecule has 2 aromatic rings. The maximum Gasteiger partial charge on any atom is 0.237 e. The van der Waals surface area contributed by atoms with Crippen molar-refractivity contribution in [2.75, 3.05) is 12.9 Å². The summed E-state index contributed by atoms with van der Waals surface area (Å²) < 4.78 is 6.93.